The zero-order chi connectivity index (χ0) is 14.2. The third-order valence-electron chi connectivity index (χ3n) is 3.12. The van der Waals surface area contributed by atoms with Crippen molar-refractivity contribution in [3.05, 3.63) is 46.2 Å². The molecule has 1 aromatic carbocycles. The number of thiophene rings is 1. The maximum Gasteiger partial charge on any atom is 0.231 e. The van der Waals surface area contributed by atoms with Crippen LogP contribution in [0, 0.1) is 11.3 Å². The summed E-state index contributed by atoms with van der Waals surface area (Å²) in [5, 5.41) is 17.0. The van der Waals surface area contributed by atoms with Gasteiger partial charge in [0.05, 0.1) is 11.0 Å². The number of nitrogens with zero attached hydrogens (tertiary/aromatic N) is 4. The molecule has 0 fully saturated rings. The van der Waals surface area contributed by atoms with Gasteiger partial charge in [0.2, 0.25) is 5.78 Å². The highest BCUT2D eigenvalue weighted by Gasteiger charge is 2.12. The van der Waals surface area contributed by atoms with Crippen LogP contribution < -0.4 is 0 Å². The molecule has 1 N–H and O–H groups in total. The summed E-state index contributed by atoms with van der Waals surface area (Å²) in [6.07, 6.45) is 0. The van der Waals surface area contributed by atoms with Gasteiger partial charge in [0, 0.05) is 10.6 Å². The van der Waals surface area contributed by atoms with Crippen LogP contribution in [0.25, 0.3) is 16.8 Å². The number of fused-ring (bicyclic) bond motifs is 3. The van der Waals surface area contributed by atoms with Gasteiger partial charge in [0.25, 0.3) is 0 Å². The lowest BCUT2D eigenvalue weighted by Crippen LogP contribution is -1.85. The summed E-state index contributed by atoms with van der Waals surface area (Å²) in [4.78, 5) is 6.40. The van der Waals surface area contributed by atoms with E-state index < -0.39 is 0 Å². The number of nitriles is 1. The van der Waals surface area contributed by atoms with E-state index in [2.05, 4.69) is 21.3 Å². The molecule has 3 heterocycles. The highest BCUT2D eigenvalue weighted by molar-refractivity contribution is 7.98. The van der Waals surface area contributed by atoms with E-state index in [-0.39, 0.29) is 0 Å². The van der Waals surface area contributed by atoms with E-state index in [4.69, 9.17) is 5.26 Å². The topological polar surface area (TPSA) is 69.8 Å². The zero-order valence-electron chi connectivity index (χ0n) is 10.8. The Morgan fingerprint density at radius 2 is 2.19 bits per heavy atom. The summed E-state index contributed by atoms with van der Waals surface area (Å²) in [5.41, 5.74) is 2.00. The first kappa shape index (κ1) is 12.4. The molecule has 5 nitrogen and oxygen atoms in total. The van der Waals surface area contributed by atoms with Gasteiger partial charge in [-0.2, -0.15) is 5.26 Å². The van der Waals surface area contributed by atoms with Gasteiger partial charge in [-0.15, -0.1) is 16.4 Å². The van der Waals surface area contributed by atoms with E-state index in [1.54, 1.807) is 11.8 Å². The van der Waals surface area contributed by atoms with E-state index in [1.807, 2.05) is 40.8 Å². The van der Waals surface area contributed by atoms with Crippen molar-refractivity contribution in [3.63, 3.8) is 0 Å². The van der Waals surface area contributed by atoms with Gasteiger partial charge in [-0.3, -0.25) is 4.40 Å². The number of benzene rings is 1. The van der Waals surface area contributed by atoms with Crippen LogP contribution in [0.1, 0.15) is 9.75 Å². The molecule has 0 spiro atoms. The van der Waals surface area contributed by atoms with Crippen LogP contribution in [0.2, 0.25) is 0 Å². The van der Waals surface area contributed by atoms with Gasteiger partial charge >= 0.3 is 0 Å². The first-order valence-corrected chi connectivity index (χ1v) is 8.08. The van der Waals surface area contributed by atoms with Gasteiger partial charge in [0.15, 0.2) is 5.16 Å². The van der Waals surface area contributed by atoms with Crippen molar-refractivity contribution >= 4 is 39.9 Å². The second-order valence-electron chi connectivity index (χ2n) is 4.43. The normalized spacial score (nSPS) is 11.2. The van der Waals surface area contributed by atoms with Crippen LogP contribution >= 0.6 is 23.1 Å². The van der Waals surface area contributed by atoms with Crippen LogP contribution in [0.4, 0.5) is 0 Å². The number of rotatable bonds is 3. The molecule has 0 aliphatic rings. The van der Waals surface area contributed by atoms with Crippen molar-refractivity contribution in [2.75, 3.05) is 0 Å². The first-order chi connectivity index (χ1) is 10.3. The van der Waals surface area contributed by atoms with E-state index in [0.717, 1.165) is 37.5 Å². The molecule has 4 aromatic rings. The average Bonchev–Trinajstić information content (AvgIpc) is 3.20. The zero-order valence-corrected chi connectivity index (χ0v) is 12.4. The smallest absolute Gasteiger partial charge is 0.231 e. The highest BCUT2D eigenvalue weighted by atomic mass is 32.2. The molecule has 0 saturated heterocycles. The Bertz CT molecular complexity index is 972. The van der Waals surface area contributed by atoms with Crippen molar-refractivity contribution in [2.45, 2.75) is 10.9 Å². The third-order valence-corrected chi connectivity index (χ3v) is 5.28. The van der Waals surface area contributed by atoms with Crippen LogP contribution in [0.5, 0.6) is 0 Å². The van der Waals surface area contributed by atoms with Gasteiger partial charge in [-0.1, -0.05) is 23.9 Å². The summed E-state index contributed by atoms with van der Waals surface area (Å²) in [6.45, 7) is 0. The van der Waals surface area contributed by atoms with Crippen molar-refractivity contribution in [1.82, 2.24) is 19.6 Å². The molecule has 21 heavy (non-hydrogen) atoms. The number of nitrogens with one attached hydrogen (secondary N) is 1. The molecule has 0 aliphatic carbocycles. The van der Waals surface area contributed by atoms with Gasteiger partial charge in [-0.25, -0.2) is 10.1 Å². The maximum atomic E-state index is 8.86. The van der Waals surface area contributed by atoms with Crippen LogP contribution in [0.3, 0.4) is 0 Å². The summed E-state index contributed by atoms with van der Waals surface area (Å²) < 4.78 is 2.03. The molecule has 0 amide bonds. The quantitative estimate of drug-likeness (QED) is 0.588. The number of aromatic nitrogens is 4. The number of imidazole rings is 1. The molecule has 102 valence electrons. The minimum Gasteiger partial charge on any atom is -0.254 e. The molecular formula is C14H9N5S2. The van der Waals surface area contributed by atoms with Gasteiger partial charge in [0.1, 0.15) is 10.9 Å². The predicted molar refractivity (Wildman–Crippen MR) is 83.4 cm³/mol. The molecule has 0 bridgehead atoms. The Kier molecular flexibility index (Phi) is 2.91. The van der Waals surface area contributed by atoms with Crippen molar-refractivity contribution in [2.24, 2.45) is 0 Å². The van der Waals surface area contributed by atoms with Crippen LogP contribution in [0.15, 0.2) is 41.6 Å². The fraction of sp³-hybridized carbons (Fsp3) is 0.0714. The van der Waals surface area contributed by atoms with Crippen molar-refractivity contribution in [1.29, 1.82) is 5.26 Å². The standard InChI is InChI=1S/C14H9N5S2/c15-7-9-5-6-10(21-9)8-20-14-18-17-13-16-11-3-1-2-4-12(11)19(13)14/h1-6H,8H2,(H,16,17). The number of para-hydroxylation sites is 2. The minimum absolute atomic E-state index is 0.742. The summed E-state index contributed by atoms with van der Waals surface area (Å²) in [7, 11) is 0. The molecule has 0 aliphatic heterocycles. The minimum atomic E-state index is 0.742. The molecule has 4 rings (SSSR count). The SMILES string of the molecule is N#Cc1ccc(CSc2n[nH]c3nc4ccccc4n23)s1. The Balaban J connectivity index is 1.68. The molecule has 0 unspecified atom stereocenters. The highest BCUT2D eigenvalue weighted by Crippen LogP contribution is 2.28. The lowest BCUT2D eigenvalue weighted by atomic mass is 10.3. The van der Waals surface area contributed by atoms with Crippen molar-refractivity contribution in [3.8, 4) is 6.07 Å². The van der Waals surface area contributed by atoms with Gasteiger partial charge < -0.3 is 0 Å². The first-order valence-electron chi connectivity index (χ1n) is 6.28. The second-order valence-corrected chi connectivity index (χ2v) is 6.54. The Morgan fingerprint density at radius 3 is 3.05 bits per heavy atom. The fourth-order valence-corrected chi connectivity index (χ4v) is 3.99. The number of aromatic amines is 1. The molecule has 0 saturated carbocycles. The summed E-state index contributed by atoms with van der Waals surface area (Å²) in [5.74, 6) is 1.54. The third kappa shape index (κ3) is 2.09. The molecule has 0 atom stereocenters. The monoisotopic (exact) mass is 311 g/mol. The largest absolute Gasteiger partial charge is 0.254 e. The lowest BCUT2D eigenvalue weighted by molar-refractivity contribution is 0.941. The number of H-pyrrole nitrogens is 1. The van der Waals surface area contributed by atoms with Crippen LogP contribution in [-0.2, 0) is 5.75 Å². The van der Waals surface area contributed by atoms with Crippen molar-refractivity contribution < 1.29 is 0 Å². The second kappa shape index (κ2) is 4.91. The van der Waals surface area contributed by atoms with E-state index in [0.29, 0.717) is 0 Å². The van der Waals surface area contributed by atoms with E-state index >= 15 is 0 Å². The Morgan fingerprint density at radius 1 is 1.29 bits per heavy atom. The molecule has 3 aromatic heterocycles. The molecule has 0 radical (unpaired) electrons. The predicted octanol–water partition coefficient (Wildman–Crippen LogP) is 3.44. The fourth-order valence-electron chi connectivity index (χ4n) is 2.19. The summed E-state index contributed by atoms with van der Waals surface area (Å²) in [6, 6.07) is 14.0. The number of hydrogen-bond donors (Lipinski definition) is 1. The van der Waals surface area contributed by atoms with Gasteiger partial charge in [-0.05, 0) is 24.3 Å². The van der Waals surface area contributed by atoms with E-state index in [1.165, 1.54) is 11.3 Å². The lowest BCUT2D eigenvalue weighted by Gasteiger charge is -1.97. The van der Waals surface area contributed by atoms with E-state index in [9.17, 15) is 0 Å². The Hall–Kier alpha value is -2.30. The molecule has 7 heteroatoms. The Labute approximate surface area is 128 Å². The molecular weight excluding hydrogens is 302 g/mol. The van der Waals surface area contributed by atoms with Crippen LogP contribution in [-0.4, -0.2) is 19.6 Å². The number of hydrogen-bond acceptors (Lipinski definition) is 5. The summed E-state index contributed by atoms with van der Waals surface area (Å²) >= 11 is 3.16. The average molecular weight is 311 g/mol. The number of thioether (sulfide) groups is 1. The maximum absolute atomic E-state index is 8.86.